The Bertz CT molecular complexity index is 1910. The van der Waals surface area contributed by atoms with Gasteiger partial charge in [-0.15, -0.1) is 0 Å². The second-order valence-corrected chi connectivity index (χ2v) is 14.8. The Kier molecular flexibility index (Phi) is 10.3. The van der Waals surface area contributed by atoms with E-state index in [4.69, 9.17) is 15.3 Å². The molecule has 254 valence electrons. The number of aliphatic carboxylic acids is 1. The third-order valence-corrected chi connectivity index (χ3v) is 10.8. The molecule has 1 fully saturated rings. The third kappa shape index (κ3) is 6.81. The lowest BCUT2D eigenvalue weighted by atomic mass is 9.93. The number of sulfone groups is 1. The van der Waals surface area contributed by atoms with Crippen LogP contribution >= 0.6 is 0 Å². The molecule has 1 amide bonds. The van der Waals surface area contributed by atoms with E-state index in [1.165, 1.54) is 16.0 Å². The standard InChI is InChI=1S/C36H42N4O7S/c1-6-46-31-20-25(12-14-30(31)47-22(2)3)33(40(37)27-13-11-26-21-38-17-15-24(26)19-27)35(41)39-18-16-29(36(42)43)34(39)28-9-7-8-10-32(28)48(44,45)23(4)5/h7-15,17,19-23,29,33-34H,6,16,18,37H2,1-5H3,(H,42,43)/t29?,33-,34?/m1/s1. The molecule has 0 saturated carbocycles. The summed E-state index contributed by atoms with van der Waals surface area (Å²) in [6, 6.07) is 16.6. The fourth-order valence-corrected chi connectivity index (χ4v) is 7.49. The minimum Gasteiger partial charge on any atom is -0.490 e. The number of amides is 1. The van der Waals surface area contributed by atoms with Crippen molar-refractivity contribution in [2.75, 3.05) is 18.2 Å². The molecular weight excluding hydrogens is 632 g/mol. The van der Waals surface area contributed by atoms with Crippen LogP contribution in [0.1, 0.15) is 64.3 Å². The van der Waals surface area contributed by atoms with E-state index in [9.17, 15) is 23.1 Å². The SMILES string of the molecule is CCOc1cc([C@H](C(=O)N2CCC(C(=O)O)C2c2ccccc2S(=O)(=O)C(C)C)N(N)c2ccc3cnccc3c2)ccc1OC(C)C. The molecule has 3 atom stereocenters. The molecule has 1 aliphatic rings. The molecule has 11 nitrogen and oxygen atoms in total. The quantitative estimate of drug-likeness (QED) is 0.141. The van der Waals surface area contributed by atoms with Gasteiger partial charge in [0.15, 0.2) is 21.3 Å². The highest BCUT2D eigenvalue weighted by atomic mass is 32.2. The minimum atomic E-state index is -3.82. The van der Waals surface area contributed by atoms with Crippen molar-refractivity contribution in [2.24, 2.45) is 11.8 Å². The average Bonchev–Trinajstić information content (AvgIpc) is 3.51. The summed E-state index contributed by atoms with van der Waals surface area (Å²) in [5.41, 5.74) is 1.28. The van der Waals surface area contributed by atoms with Gasteiger partial charge in [0.1, 0.15) is 6.04 Å². The van der Waals surface area contributed by atoms with Crippen LogP contribution < -0.4 is 20.3 Å². The molecular formula is C36H42N4O7S. The summed E-state index contributed by atoms with van der Waals surface area (Å²) in [4.78, 5) is 33.3. The summed E-state index contributed by atoms with van der Waals surface area (Å²) in [7, 11) is -3.82. The van der Waals surface area contributed by atoms with E-state index in [1.807, 2.05) is 39.0 Å². The minimum absolute atomic E-state index is 0.00839. The zero-order valence-electron chi connectivity index (χ0n) is 27.7. The number of nitrogens with two attached hydrogens (primary N) is 1. The molecule has 5 rings (SSSR count). The predicted octanol–water partition coefficient (Wildman–Crippen LogP) is 5.70. The first-order valence-electron chi connectivity index (χ1n) is 16.0. The highest BCUT2D eigenvalue weighted by molar-refractivity contribution is 7.92. The van der Waals surface area contributed by atoms with Gasteiger partial charge in [-0.25, -0.2) is 14.3 Å². The van der Waals surface area contributed by atoms with E-state index >= 15 is 0 Å². The Morgan fingerprint density at radius 1 is 1.02 bits per heavy atom. The fraction of sp³-hybridized carbons (Fsp3) is 0.361. The molecule has 3 aromatic carbocycles. The normalized spacial score (nSPS) is 17.1. The molecule has 1 aliphatic heterocycles. The number of carboxylic acids is 1. The highest BCUT2D eigenvalue weighted by Gasteiger charge is 2.47. The Hall–Kier alpha value is -4.68. The van der Waals surface area contributed by atoms with Crippen LogP contribution in [0.25, 0.3) is 10.8 Å². The number of rotatable bonds is 12. The number of anilines is 1. The summed E-state index contributed by atoms with van der Waals surface area (Å²) >= 11 is 0. The zero-order chi connectivity index (χ0) is 34.7. The second kappa shape index (κ2) is 14.2. The number of carbonyl (C=O) groups excluding carboxylic acids is 1. The topological polar surface area (TPSA) is 152 Å². The molecule has 2 unspecified atom stereocenters. The number of pyridine rings is 1. The molecule has 4 aromatic rings. The van der Waals surface area contributed by atoms with Gasteiger partial charge >= 0.3 is 5.97 Å². The van der Waals surface area contributed by atoms with E-state index in [0.29, 0.717) is 29.4 Å². The molecule has 0 radical (unpaired) electrons. The molecule has 2 heterocycles. The lowest BCUT2D eigenvalue weighted by molar-refractivity contribution is -0.143. The smallest absolute Gasteiger partial charge is 0.309 e. The van der Waals surface area contributed by atoms with E-state index in [1.54, 1.807) is 68.7 Å². The Balaban J connectivity index is 1.67. The number of ether oxygens (including phenoxy) is 2. The van der Waals surface area contributed by atoms with E-state index in [0.717, 1.165) is 10.8 Å². The number of benzene rings is 3. The van der Waals surface area contributed by atoms with Gasteiger partial charge in [0, 0.05) is 24.3 Å². The van der Waals surface area contributed by atoms with Gasteiger partial charge < -0.3 is 19.5 Å². The maximum Gasteiger partial charge on any atom is 0.309 e. The van der Waals surface area contributed by atoms with Crippen molar-refractivity contribution < 1.29 is 32.6 Å². The number of hydrazine groups is 1. The number of hydrogen-bond donors (Lipinski definition) is 2. The van der Waals surface area contributed by atoms with Gasteiger partial charge in [-0.3, -0.25) is 19.6 Å². The molecule has 48 heavy (non-hydrogen) atoms. The first-order valence-corrected chi connectivity index (χ1v) is 17.6. The molecule has 1 saturated heterocycles. The number of carboxylic acid groups (broad SMARTS) is 1. The average molecular weight is 675 g/mol. The number of aromatic nitrogens is 1. The summed E-state index contributed by atoms with van der Waals surface area (Å²) in [5, 5.41) is 12.7. The van der Waals surface area contributed by atoms with E-state index in [2.05, 4.69) is 4.98 Å². The van der Waals surface area contributed by atoms with Crippen LogP contribution in [0.4, 0.5) is 5.69 Å². The van der Waals surface area contributed by atoms with Crippen LogP contribution in [-0.4, -0.2) is 59.8 Å². The van der Waals surface area contributed by atoms with E-state index < -0.39 is 45.0 Å². The monoisotopic (exact) mass is 674 g/mol. The lowest BCUT2D eigenvalue weighted by Crippen LogP contribution is -2.47. The summed E-state index contributed by atoms with van der Waals surface area (Å²) < 4.78 is 38.9. The molecule has 12 heteroatoms. The lowest BCUT2D eigenvalue weighted by Gasteiger charge is -2.36. The van der Waals surface area contributed by atoms with Gasteiger partial charge in [0.2, 0.25) is 0 Å². The van der Waals surface area contributed by atoms with Crippen molar-refractivity contribution in [3.63, 3.8) is 0 Å². The van der Waals surface area contributed by atoms with Gasteiger partial charge in [0.05, 0.1) is 40.5 Å². The van der Waals surface area contributed by atoms with E-state index in [-0.39, 0.29) is 29.5 Å². The fourth-order valence-electron chi connectivity index (χ4n) is 6.19. The maximum absolute atomic E-state index is 15.0. The first kappa shape index (κ1) is 34.6. The van der Waals surface area contributed by atoms with Gasteiger partial charge in [0.25, 0.3) is 5.91 Å². The number of fused-ring (bicyclic) bond motifs is 1. The third-order valence-electron chi connectivity index (χ3n) is 8.54. The number of carbonyl (C=O) groups is 2. The summed E-state index contributed by atoms with van der Waals surface area (Å²) in [5.74, 6) is 5.15. The highest BCUT2D eigenvalue weighted by Crippen LogP contribution is 2.44. The summed E-state index contributed by atoms with van der Waals surface area (Å²) in [6.45, 7) is 9.21. The van der Waals surface area contributed by atoms with Crippen molar-refractivity contribution in [1.82, 2.24) is 9.88 Å². The van der Waals surface area contributed by atoms with Crippen LogP contribution in [-0.2, 0) is 19.4 Å². The Morgan fingerprint density at radius 2 is 1.77 bits per heavy atom. The zero-order valence-corrected chi connectivity index (χ0v) is 28.6. The Labute approximate surface area is 281 Å². The molecule has 0 spiro atoms. The van der Waals surface area contributed by atoms with Crippen LogP contribution in [0.15, 0.2) is 84.0 Å². The van der Waals surface area contributed by atoms with Crippen molar-refractivity contribution in [1.29, 1.82) is 0 Å². The summed E-state index contributed by atoms with van der Waals surface area (Å²) in [6.07, 6.45) is 3.40. The largest absolute Gasteiger partial charge is 0.490 e. The number of likely N-dealkylation sites (tertiary alicyclic amines) is 1. The Morgan fingerprint density at radius 3 is 2.46 bits per heavy atom. The maximum atomic E-state index is 15.0. The molecule has 3 N–H and O–H groups in total. The molecule has 0 bridgehead atoms. The van der Waals surface area contributed by atoms with Crippen LogP contribution in [0.2, 0.25) is 0 Å². The molecule has 0 aliphatic carbocycles. The first-order chi connectivity index (χ1) is 22.8. The number of hydrogen-bond acceptors (Lipinski definition) is 9. The van der Waals surface area contributed by atoms with Gasteiger partial charge in [-0.2, -0.15) is 0 Å². The van der Waals surface area contributed by atoms with Gasteiger partial charge in [-0.05, 0) is 94.0 Å². The van der Waals surface area contributed by atoms with Crippen molar-refractivity contribution in [3.05, 3.63) is 90.3 Å². The van der Waals surface area contributed by atoms with Crippen LogP contribution in [0.3, 0.4) is 0 Å². The predicted molar refractivity (Wildman–Crippen MR) is 183 cm³/mol. The molecule has 1 aromatic heterocycles. The van der Waals surface area contributed by atoms with Crippen LogP contribution in [0.5, 0.6) is 11.5 Å². The van der Waals surface area contributed by atoms with Gasteiger partial charge in [-0.1, -0.05) is 30.3 Å². The second-order valence-electron chi connectivity index (χ2n) is 12.4. The van der Waals surface area contributed by atoms with Crippen LogP contribution in [0, 0.1) is 5.92 Å². The van der Waals surface area contributed by atoms with Crippen molar-refractivity contribution in [2.45, 2.75) is 69.4 Å². The van der Waals surface area contributed by atoms with Crippen molar-refractivity contribution >= 4 is 38.2 Å². The van der Waals surface area contributed by atoms with Crippen molar-refractivity contribution in [3.8, 4) is 11.5 Å². The number of nitrogens with zero attached hydrogens (tertiary/aromatic N) is 3.